The van der Waals surface area contributed by atoms with Gasteiger partial charge in [0.15, 0.2) is 5.78 Å². The molecule has 3 aromatic rings. The number of benzene rings is 1. The molecule has 0 fully saturated rings. The molecule has 134 valence electrons. The fourth-order valence-electron chi connectivity index (χ4n) is 4.23. The lowest BCUT2D eigenvalue weighted by Gasteiger charge is -2.33. The maximum atomic E-state index is 12.8. The van der Waals surface area contributed by atoms with Crippen molar-refractivity contribution < 1.29 is 4.79 Å². The predicted molar refractivity (Wildman–Crippen MR) is 104 cm³/mol. The Morgan fingerprint density at radius 1 is 1.11 bits per heavy atom. The third-order valence-corrected chi connectivity index (χ3v) is 5.39. The molecule has 0 spiro atoms. The number of aromatic nitrogens is 3. The number of allylic oxidation sites excluding steroid dienone is 2. The molecule has 27 heavy (non-hydrogen) atoms. The number of nitrogens with one attached hydrogen (secondary N) is 1. The van der Waals surface area contributed by atoms with E-state index < -0.39 is 0 Å². The van der Waals surface area contributed by atoms with E-state index in [-0.39, 0.29) is 11.8 Å². The van der Waals surface area contributed by atoms with Crippen LogP contribution in [0.5, 0.6) is 0 Å². The van der Waals surface area contributed by atoms with Crippen molar-refractivity contribution in [3.8, 4) is 11.1 Å². The van der Waals surface area contributed by atoms with Crippen LogP contribution in [-0.4, -0.2) is 20.5 Å². The molecule has 0 bridgehead atoms. The number of nitrogens with zero attached hydrogens (tertiary/aromatic N) is 3. The number of carbonyl (C=O) groups is 1. The average molecular weight is 356 g/mol. The molecular formula is C22H20N4O. The molecule has 1 aromatic carbocycles. The van der Waals surface area contributed by atoms with Crippen molar-refractivity contribution in [2.75, 3.05) is 5.32 Å². The highest BCUT2D eigenvalue weighted by molar-refractivity contribution is 6.00. The van der Waals surface area contributed by atoms with E-state index in [4.69, 9.17) is 5.10 Å². The third kappa shape index (κ3) is 2.50. The number of anilines is 1. The quantitative estimate of drug-likeness (QED) is 0.745. The molecule has 1 atom stereocenters. The number of hydrogen-bond acceptors (Lipinski definition) is 4. The number of carbonyl (C=O) groups excluding carboxylic acids is 1. The first-order valence-electron chi connectivity index (χ1n) is 9.32. The second kappa shape index (κ2) is 6.20. The van der Waals surface area contributed by atoms with Crippen LogP contribution in [0.15, 0.2) is 66.1 Å². The molecule has 5 nitrogen and oxygen atoms in total. The van der Waals surface area contributed by atoms with Crippen LogP contribution < -0.4 is 5.32 Å². The molecule has 0 unspecified atom stereocenters. The first-order chi connectivity index (χ1) is 13.2. The molecular weight excluding hydrogens is 336 g/mol. The monoisotopic (exact) mass is 356 g/mol. The van der Waals surface area contributed by atoms with E-state index >= 15 is 0 Å². The summed E-state index contributed by atoms with van der Waals surface area (Å²) in [5, 5.41) is 8.41. The van der Waals surface area contributed by atoms with Crippen LogP contribution in [0.1, 0.15) is 36.6 Å². The van der Waals surface area contributed by atoms with Crippen molar-refractivity contribution in [3.05, 3.63) is 77.4 Å². The van der Waals surface area contributed by atoms with Gasteiger partial charge in [0.25, 0.3) is 0 Å². The Labute approximate surface area is 157 Å². The van der Waals surface area contributed by atoms with Gasteiger partial charge in [0.05, 0.1) is 5.69 Å². The topological polar surface area (TPSA) is 59.8 Å². The first-order valence-corrected chi connectivity index (χ1v) is 9.32. The Morgan fingerprint density at radius 3 is 2.74 bits per heavy atom. The number of pyridine rings is 1. The number of Topliss-reactive ketones (excluding diaryl/α,β-unsaturated/α-hetero) is 1. The lowest BCUT2D eigenvalue weighted by Crippen LogP contribution is -2.31. The van der Waals surface area contributed by atoms with Crippen molar-refractivity contribution in [2.45, 2.75) is 32.2 Å². The number of rotatable bonds is 2. The summed E-state index contributed by atoms with van der Waals surface area (Å²) in [6.45, 7) is 2.02. The fraction of sp³-hybridized carbons (Fsp3) is 0.227. The zero-order chi connectivity index (χ0) is 18.4. The molecule has 0 saturated carbocycles. The van der Waals surface area contributed by atoms with Crippen molar-refractivity contribution >= 4 is 11.6 Å². The van der Waals surface area contributed by atoms with Crippen molar-refractivity contribution in [1.29, 1.82) is 0 Å². The van der Waals surface area contributed by atoms with Gasteiger partial charge < -0.3 is 5.32 Å². The van der Waals surface area contributed by atoms with Gasteiger partial charge in [-0.2, -0.15) is 5.10 Å². The summed E-state index contributed by atoms with van der Waals surface area (Å²) in [4.78, 5) is 17.1. The van der Waals surface area contributed by atoms with Gasteiger partial charge in [0.1, 0.15) is 11.9 Å². The van der Waals surface area contributed by atoms with E-state index in [9.17, 15) is 4.79 Å². The summed E-state index contributed by atoms with van der Waals surface area (Å²) in [5.74, 6) is 1.17. The highest BCUT2D eigenvalue weighted by Crippen LogP contribution is 2.44. The van der Waals surface area contributed by atoms with Crippen LogP contribution in [-0.2, 0) is 4.79 Å². The number of fused-ring (bicyclic) bond motifs is 1. The minimum atomic E-state index is -0.228. The summed E-state index contributed by atoms with van der Waals surface area (Å²) in [7, 11) is 0. The summed E-state index contributed by atoms with van der Waals surface area (Å²) in [6, 6.07) is 14.0. The SMILES string of the molecule is Cc1nn2c(c1-c1ccccc1)NC1=C(C(=O)CCC1)[C@H]2c1cccnc1. The minimum Gasteiger partial charge on any atom is -0.343 e. The Bertz CT molecular complexity index is 1050. The van der Waals surface area contributed by atoms with E-state index in [1.54, 1.807) is 6.20 Å². The molecule has 1 N–H and O–H groups in total. The Balaban J connectivity index is 1.76. The van der Waals surface area contributed by atoms with Gasteiger partial charge >= 0.3 is 0 Å². The van der Waals surface area contributed by atoms with E-state index in [0.717, 1.165) is 52.3 Å². The van der Waals surface area contributed by atoms with Gasteiger partial charge in [0.2, 0.25) is 0 Å². The summed E-state index contributed by atoms with van der Waals surface area (Å²) < 4.78 is 1.97. The largest absolute Gasteiger partial charge is 0.343 e. The van der Waals surface area contributed by atoms with Crippen molar-refractivity contribution in [2.24, 2.45) is 0 Å². The molecule has 2 aliphatic rings. The fourth-order valence-corrected chi connectivity index (χ4v) is 4.23. The van der Waals surface area contributed by atoms with Crippen molar-refractivity contribution in [3.63, 3.8) is 0 Å². The molecule has 1 aliphatic heterocycles. The van der Waals surface area contributed by atoms with E-state index in [2.05, 4.69) is 22.4 Å². The number of hydrogen-bond donors (Lipinski definition) is 1. The van der Waals surface area contributed by atoms with E-state index in [1.165, 1.54) is 0 Å². The van der Waals surface area contributed by atoms with Crippen LogP contribution in [0.3, 0.4) is 0 Å². The van der Waals surface area contributed by atoms with Gasteiger partial charge in [-0.15, -0.1) is 0 Å². The Hall–Kier alpha value is -3.21. The van der Waals surface area contributed by atoms with Crippen LogP contribution in [0.25, 0.3) is 11.1 Å². The normalized spacial score (nSPS) is 18.7. The smallest absolute Gasteiger partial charge is 0.163 e. The molecule has 5 rings (SSSR count). The van der Waals surface area contributed by atoms with Gasteiger partial charge in [-0.3, -0.25) is 9.78 Å². The minimum absolute atomic E-state index is 0.206. The molecule has 2 aromatic heterocycles. The van der Waals surface area contributed by atoms with Crippen molar-refractivity contribution in [1.82, 2.24) is 14.8 Å². The molecule has 1 aliphatic carbocycles. The molecule has 0 amide bonds. The second-order valence-corrected chi connectivity index (χ2v) is 7.10. The van der Waals surface area contributed by atoms with Gasteiger partial charge in [-0.05, 0) is 37.0 Å². The van der Waals surface area contributed by atoms with Gasteiger partial charge in [-0.1, -0.05) is 36.4 Å². The molecule has 5 heteroatoms. The van der Waals surface area contributed by atoms with E-state index in [1.807, 2.05) is 48.1 Å². The second-order valence-electron chi connectivity index (χ2n) is 7.10. The standard InChI is InChI=1S/C22H20N4O/c1-14-19(15-7-3-2-4-8-15)22-24-17-10-5-11-18(27)20(17)21(26(22)25-14)16-9-6-12-23-13-16/h2-4,6-9,12-13,21,24H,5,10-11H2,1H3/t21-/m1/s1. The third-order valence-electron chi connectivity index (χ3n) is 5.39. The maximum absolute atomic E-state index is 12.8. The summed E-state index contributed by atoms with van der Waals surface area (Å²) >= 11 is 0. The maximum Gasteiger partial charge on any atom is 0.163 e. The van der Waals surface area contributed by atoms with Crippen LogP contribution in [0.4, 0.5) is 5.82 Å². The lowest BCUT2D eigenvalue weighted by atomic mass is 9.85. The zero-order valence-corrected chi connectivity index (χ0v) is 15.1. The lowest BCUT2D eigenvalue weighted by molar-refractivity contribution is -0.116. The van der Waals surface area contributed by atoms with Gasteiger partial charge in [-0.25, -0.2) is 4.68 Å². The van der Waals surface area contributed by atoms with Crippen LogP contribution >= 0.6 is 0 Å². The molecule has 0 saturated heterocycles. The van der Waals surface area contributed by atoms with Crippen LogP contribution in [0.2, 0.25) is 0 Å². The number of ketones is 1. The highest BCUT2D eigenvalue weighted by Gasteiger charge is 2.37. The Kier molecular flexibility index (Phi) is 3.67. The van der Waals surface area contributed by atoms with E-state index in [0.29, 0.717) is 6.42 Å². The predicted octanol–water partition coefficient (Wildman–Crippen LogP) is 4.28. The average Bonchev–Trinajstić information content (AvgIpc) is 3.03. The summed E-state index contributed by atoms with van der Waals surface area (Å²) in [5.41, 5.74) is 6.03. The zero-order valence-electron chi connectivity index (χ0n) is 15.1. The van der Waals surface area contributed by atoms with Gasteiger partial charge in [0, 0.05) is 35.6 Å². The van der Waals surface area contributed by atoms with Crippen LogP contribution in [0, 0.1) is 6.92 Å². The summed E-state index contributed by atoms with van der Waals surface area (Å²) in [6.07, 6.45) is 5.96. The molecule has 0 radical (unpaired) electrons. The first kappa shape index (κ1) is 16.0. The Morgan fingerprint density at radius 2 is 1.96 bits per heavy atom. The molecule has 3 heterocycles. The highest BCUT2D eigenvalue weighted by atomic mass is 16.1. The number of aryl methyl sites for hydroxylation is 1.